The molecule has 8 nitrogen and oxygen atoms in total. The molecule has 0 aliphatic carbocycles. The van der Waals surface area contributed by atoms with Crippen LogP contribution >= 0.6 is 11.6 Å². The zero-order valence-electron chi connectivity index (χ0n) is 17.2. The second-order valence-electron chi connectivity index (χ2n) is 6.69. The number of carbonyl (C=O) groups is 1. The first kappa shape index (κ1) is 23.2. The van der Waals surface area contributed by atoms with Gasteiger partial charge in [0.15, 0.2) is 6.10 Å². The van der Waals surface area contributed by atoms with Crippen LogP contribution < -0.4 is 19.5 Å². The van der Waals surface area contributed by atoms with Crippen molar-refractivity contribution in [2.24, 2.45) is 0 Å². The number of sulfonamides is 1. The summed E-state index contributed by atoms with van der Waals surface area (Å²) in [6.07, 6.45) is -0.928. The predicted octanol–water partition coefficient (Wildman–Crippen LogP) is 4.26. The molecule has 0 heterocycles. The molecule has 0 saturated carbocycles. The first-order chi connectivity index (χ1) is 15.2. The second-order valence-corrected chi connectivity index (χ2v) is 8.81. The number of halogens is 1. The van der Waals surface area contributed by atoms with Gasteiger partial charge in [-0.2, -0.15) is 0 Å². The summed E-state index contributed by atoms with van der Waals surface area (Å²) in [6.45, 7) is 1.52. The fourth-order valence-corrected chi connectivity index (χ4v) is 3.94. The topological polar surface area (TPSA) is 114 Å². The lowest BCUT2D eigenvalue weighted by Crippen LogP contribution is -2.30. The highest BCUT2D eigenvalue weighted by molar-refractivity contribution is 7.92. The number of anilines is 2. The molecule has 0 aromatic heterocycles. The molecule has 3 aromatic carbocycles. The Labute approximate surface area is 190 Å². The molecule has 0 aliphatic heterocycles. The van der Waals surface area contributed by atoms with Crippen molar-refractivity contribution in [2.75, 3.05) is 17.1 Å². The zero-order chi connectivity index (χ0) is 23.3. The van der Waals surface area contributed by atoms with E-state index in [1.54, 1.807) is 48.5 Å². The Morgan fingerprint density at radius 2 is 1.72 bits per heavy atom. The number of benzene rings is 3. The van der Waals surface area contributed by atoms with Crippen LogP contribution in [0, 0.1) is 0 Å². The molecule has 3 N–H and O–H groups in total. The van der Waals surface area contributed by atoms with Crippen molar-refractivity contribution in [2.45, 2.75) is 17.9 Å². The number of carbonyl (C=O) groups excluding carboxylic acids is 1. The number of aromatic hydroxyl groups is 1. The van der Waals surface area contributed by atoms with E-state index in [1.807, 2.05) is 0 Å². The number of phenolic OH excluding ortho intramolecular Hbond substituents is 1. The largest absolute Gasteiger partial charge is 0.506 e. The van der Waals surface area contributed by atoms with Crippen LogP contribution in [-0.4, -0.2) is 32.6 Å². The van der Waals surface area contributed by atoms with E-state index in [2.05, 4.69) is 10.0 Å². The van der Waals surface area contributed by atoms with Crippen LogP contribution in [0.25, 0.3) is 0 Å². The lowest BCUT2D eigenvalue weighted by molar-refractivity contribution is -0.122. The van der Waals surface area contributed by atoms with Gasteiger partial charge in [0.2, 0.25) is 0 Å². The summed E-state index contributed by atoms with van der Waals surface area (Å²) >= 11 is 5.83. The third-order valence-electron chi connectivity index (χ3n) is 4.38. The molecule has 1 atom stereocenters. The smallest absolute Gasteiger partial charge is 0.265 e. The van der Waals surface area contributed by atoms with Crippen molar-refractivity contribution in [1.29, 1.82) is 0 Å². The van der Waals surface area contributed by atoms with Crippen LogP contribution in [0.2, 0.25) is 5.02 Å². The highest BCUT2D eigenvalue weighted by Crippen LogP contribution is 2.30. The lowest BCUT2D eigenvalue weighted by Gasteiger charge is -2.16. The normalized spacial score (nSPS) is 12.0. The molecule has 0 radical (unpaired) electrons. The van der Waals surface area contributed by atoms with Crippen molar-refractivity contribution >= 4 is 38.9 Å². The number of nitrogens with one attached hydrogen (secondary N) is 2. The van der Waals surface area contributed by atoms with Gasteiger partial charge in [0.05, 0.1) is 23.4 Å². The molecule has 1 amide bonds. The molecule has 0 aliphatic rings. The summed E-state index contributed by atoms with van der Waals surface area (Å²) < 4.78 is 38.8. The van der Waals surface area contributed by atoms with Gasteiger partial charge in [-0.1, -0.05) is 23.7 Å². The standard InChI is InChI=1S/C22H21ClN2O6S/c1-14(31-16-9-7-15(23)8-10-16)22(27)24-19-13-17(11-12-20(19)26)32(28,29)25-18-5-3-4-6-21(18)30-2/h3-14,25-26H,1-2H3,(H,24,27). The Bertz CT molecular complexity index is 1220. The van der Waals surface area contributed by atoms with Crippen LogP contribution in [0.5, 0.6) is 17.2 Å². The lowest BCUT2D eigenvalue weighted by atomic mass is 10.2. The maximum atomic E-state index is 12.8. The minimum absolute atomic E-state index is 0.0792. The number of rotatable bonds is 8. The van der Waals surface area contributed by atoms with Gasteiger partial charge in [-0.15, -0.1) is 0 Å². The zero-order valence-corrected chi connectivity index (χ0v) is 18.8. The Kier molecular flexibility index (Phi) is 7.12. The number of hydrogen-bond donors (Lipinski definition) is 3. The number of phenols is 1. The van der Waals surface area contributed by atoms with Crippen LogP contribution in [-0.2, 0) is 14.8 Å². The summed E-state index contributed by atoms with van der Waals surface area (Å²) in [5.41, 5.74) is 0.170. The van der Waals surface area contributed by atoms with Crippen LogP contribution in [0.15, 0.2) is 71.6 Å². The monoisotopic (exact) mass is 476 g/mol. The predicted molar refractivity (Wildman–Crippen MR) is 122 cm³/mol. The summed E-state index contributed by atoms with van der Waals surface area (Å²) in [4.78, 5) is 12.4. The third kappa shape index (κ3) is 5.63. The van der Waals surface area contributed by atoms with Crippen LogP contribution in [0.4, 0.5) is 11.4 Å². The summed E-state index contributed by atoms with van der Waals surface area (Å²) in [5.74, 6) is -0.106. The van der Waals surface area contributed by atoms with E-state index >= 15 is 0 Å². The van der Waals surface area contributed by atoms with E-state index in [-0.39, 0.29) is 22.0 Å². The molecule has 168 valence electrons. The fourth-order valence-electron chi connectivity index (χ4n) is 2.72. The van der Waals surface area contributed by atoms with E-state index in [1.165, 1.54) is 26.2 Å². The highest BCUT2D eigenvalue weighted by atomic mass is 35.5. The van der Waals surface area contributed by atoms with E-state index in [0.717, 1.165) is 6.07 Å². The molecular weight excluding hydrogens is 456 g/mol. The highest BCUT2D eigenvalue weighted by Gasteiger charge is 2.21. The van der Waals surface area contributed by atoms with Gasteiger partial charge in [-0.25, -0.2) is 8.42 Å². The summed E-state index contributed by atoms with van der Waals surface area (Å²) in [5, 5.41) is 13.1. The van der Waals surface area contributed by atoms with Gasteiger partial charge < -0.3 is 19.9 Å². The summed E-state index contributed by atoms with van der Waals surface area (Å²) in [7, 11) is -2.60. The van der Waals surface area contributed by atoms with E-state index in [4.69, 9.17) is 21.1 Å². The van der Waals surface area contributed by atoms with Crippen molar-refractivity contribution < 1.29 is 27.8 Å². The van der Waals surface area contributed by atoms with E-state index < -0.39 is 22.0 Å². The van der Waals surface area contributed by atoms with Gasteiger partial charge in [-0.3, -0.25) is 9.52 Å². The van der Waals surface area contributed by atoms with Crippen molar-refractivity contribution in [3.63, 3.8) is 0 Å². The van der Waals surface area contributed by atoms with Gasteiger partial charge >= 0.3 is 0 Å². The quantitative estimate of drug-likeness (QED) is 0.418. The third-order valence-corrected chi connectivity index (χ3v) is 6.00. The van der Waals surface area contributed by atoms with Crippen LogP contribution in [0.1, 0.15) is 6.92 Å². The van der Waals surface area contributed by atoms with E-state index in [0.29, 0.717) is 16.5 Å². The molecule has 0 bridgehead atoms. The maximum Gasteiger partial charge on any atom is 0.265 e. The van der Waals surface area contributed by atoms with Gasteiger partial charge in [0.25, 0.3) is 15.9 Å². The summed E-state index contributed by atoms with van der Waals surface area (Å²) in [6, 6.07) is 16.5. The average molecular weight is 477 g/mol. The van der Waals surface area contributed by atoms with Crippen molar-refractivity contribution in [3.05, 3.63) is 71.8 Å². The van der Waals surface area contributed by atoms with Crippen LogP contribution in [0.3, 0.4) is 0 Å². The van der Waals surface area contributed by atoms with Gasteiger partial charge in [0, 0.05) is 5.02 Å². The Morgan fingerprint density at radius 3 is 2.41 bits per heavy atom. The Balaban J connectivity index is 1.77. The van der Waals surface area contributed by atoms with Crippen molar-refractivity contribution in [1.82, 2.24) is 0 Å². The van der Waals surface area contributed by atoms with Gasteiger partial charge in [0.1, 0.15) is 17.2 Å². The number of amides is 1. The molecule has 0 spiro atoms. The average Bonchev–Trinajstić information content (AvgIpc) is 2.76. The maximum absolute atomic E-state index is 12.8. The molecule has 3 aromatic rings. The molecule has 3 rings (SSSR count). The first-order valence-corrected chi connectivity index (χ1v) is 11.3. The molecule has 0 saturated heterocycles. The van der Waals surface area contributed by atoms with E-state index in [9.17, 15) is 18.3 Å². The SMILES string of the molecule is COc1ccccc1NS(=O)(=O)c1ccc(O)c(NC(=O)C(C)Oc2ccc(Cl)cc2)c1. The Hall–Kier alpha value is -3.43. The minimum Gasteiger partial charge on any atom is -0.506 e. The first-order valence-electron chi connectivity index (χ1n) is 9.41. The number of methoxy groups -OCH3 is 1. The number of ether oxygens (including phenoxy) is 2. The number of hydrogen-bond acceptors (Lipinski definition) is 6. The van der Waals surface area contributed by atoms with Crippen molar-refractivity contribution in [3.8, 4) is 17.2 Å². The number of para-hydroxylation sites is 2. The second kappa shape index (κ2) is 9.80. The van der Waals surface area contributed by atoms with Gasteiger partial charge in [-0.05, 0) is 61.5 Å². The molecule has 1 unspecified atom stereocenters. The molecule has 10 heteroatoms. The minimum atomic E-state index is -4.03. The fraction of sp³-hybridized carbons (Fsp3) is 0.136. The molecule has 0 fully saturated rings. The Morgan fingerprint density at radius 1 is 1.03 bits per heavy atom. The molecule has 32 heavy (non-hydrogen) atoms. The molecular formula is C22H21ClN2O6S.